The van der Waals surface area contributed by atoms with Gasteiger partial charge in [0.2, 0.25) is 0 Å². The molecule has 1 aromatic carbocycles. The van der Waals surface area contributed by atoms with Crippen molar-refractivity contribution >= 4 is 0 Å². The van der Waals surface area contributed by atoms with Gasteiger partial charge in [0.05, 0.1) is 7.11 Å². The van der Waals surface area contributed by atoms with Gasteiger partial charge in [-0.15, -0.1) is 0 Å². The molecule has 3 nitrogen and oxygen atoms in total. The lowest BCUT2D eigenvalue weighted by atomic mass is 9.98. The monoisotopic (exact) mass is 276 g/mol. The number of benzene rings is 1. The van der Waals surface area contributed by atoms with E-state index in [0.29, 0.717) is 6.04 Å². The van der Waals surface area contributed by atoms with E-state index in [2.05, 4.69) is 24.0 Å². The highest BCUT2D eigenvalue weighted by Crippen LogP contribution is 2.24. The number of ether oxygens (including phenoxy) is 1. The molecule has 1 aliphatic rings. The third-order valence-corrected chi connectivity index (χ3v) is 4.41. The fourth-order valence-electron chi connectivity index (χ4n) is 2.94. The normalized spacial score (nSPS) is 21.1. The van der Waals surface area contributed by atoms with Crippen LogP contribution in [-0.4, -0.2) is 31.1 Å². The van der Waals surface area contributed by atoms with E-state index in [4.69, 9.17) is 10.5 Å². The summed E-state index contributed by atoms with van der Waals surface area (Å²) in [5, 5.41) is 0. The lowest BCUT2D eigenvalue weighted by Crippen LogP contribution is -2.22. The van der Waals surface area contributed by atoms with Crippen molar-refractivity contribution in [2.75, 3.05) is 20.2 Å². The van der Waals surface area contributed by atoms with Crippen LogP contribution in [0.4, 0.5) is 0 Å². The molecule has 1 heterocycles. The van der Waals surface area contributed by atoms with E-state index in [1.54, 1.807) is 7.11 Å². The molecule has 1 fully saturated rings. The molecule has 1 aliphatic heterocycles. The summed E-state index contributed by atoms with van der Waals surface area (Å²) in [6.07, 6.45) is 4.89. The second kappa shape index (κ2) is 7.65. The number of rotatable bonds is 7. The van der Waals surface area contributed by atoms with Crippen molar-refractivity contribution < 1.29 is 4.74 Å². The van der Waals surface area contributed by atoms with Crippen molar-refractivity contribution in [3.05, 3.63) is 29.8 Å². The van der Waals surface area contributed by atoms with E-state index < -0.39 is 0 Å². The average Bonchev–Trinajstić information content (AvgIpc) is 2.93. The van der Waals surface area contributed by atoms with Gasteiger partial charge in [-0.25, -0.2) is 0 Å². The Labute approximate surface area is 123 Å². The van der Waals surface area contributed by atoms with Gasteiger partial charge in [-0.05, 0) is 55.8 Å². The SMILES string of the molecule is CCC(N)CCC1CCN(Cc2ccc(OC)cc2)C1. The van der Waals surface area contributed by atoms with E-state index in [1.807, 2.05) is 12.1 Å². The number of nitrogens with two attached hydrogens (primary N) is 1. The summed E-state index contributed by atoms with van der Waals surface area (Å²) < 4.78 is 5.20. The van der Waals surface area contributed by atoms with Gasteiger partial charge < -0.3 is 10.5 Å². The summed E-state index contributed by atoms with van der Waals surface area (Å²) in [6, 6.07) is 8.82. The van der Waals surface area contributed by atoms with Crippen LogP contribution in [0.15, 0.2) is 24.3 Å². The fraction of sp³-hybridized carbons (Fsp3) is 0.647. The van der Waals surface area contributed by atoms with Gasteiger partial charge in [0.1, 0.15) is 5.75 Å². The van der Waals surface area contributed by atoms with Crippen molar-refractivity contribution in [3.63, 3.8) is 0 Å². The number of hydrogen-bond acceptors (Lipinski definition) is 3. The molecule has 0 amide bonds. The molecule has 2 atom stereocenters. The third-order valence-electron chi connectivity index (χ3n) is 4.41. The molecule has 1 aromatic rings. The molecule has 2 unspecified atom stereocenters. The summed E-state index contributed by atoms with van der Waals surface area (Å²) in [6.45, 7) is 5.68. The predicted octanol–water partition coefficient (Wildman–Crippen LogP) is 3.03. The third kappa shape index (κ3) is 4.50. The molecule has 0 saturated carbocycles. The molecule has 0 aliphatic carbocycles. The summed E-state index contributed by atoms with van der Waals surface area (Å²) >= 11 is 0. The first-order chi connectivity index (χ1) is 9.71. The fourth-order valence-corrected chi connectivity index (χ4v) is 2.94. The van der Waals surface area contributed by atoms with Crippen molar-refractivity contribution in [1.29, 1.82) is 0 Å². The van der Waals surface area contributed by atoms with E-state index in [9.17, 15) is 0 Å². The van der Waals surface area contributed by atoms with Crippen LogP contribution in [0.25, 0.3) is 0 Å². The van der Waals surface area contributed by atoms with Gasteiger partial charge in [-0.2, -0.15) is 0 Å². The Bertz CT molecular complexity index is 390. The Hall–Kier alpha value is -1.06. The second-order valence-electron chi connectivity index (χ2n) is 5.98. The molecule has 0 aromatic heterocycles. The summed E-state index contributed by atoms with van der Waals surface area (Å²) in [4.78, 5) is 2.56. The Morgan fingerprint density at radius 3 is 2.75 bits per heavy atom. The predicted molar refractivity (Wildman–Crippen MR) is 83.9 cm³/mol. The molecular formula is C17H28N2O. The van der Waals surface area contributed by atoms with Gasteiger partial charge in [0, 0.05) is 19.1 Å². The smallest absolute Gasteiger partial charge is 0.118 e. The molecule has 0 bridgehead atoms. The van der Waals surface area contributed by atoms with Crippen LogP contribution >= 0.6 is 0 Å². The topological polar surface area (TPSA) is 38.5 Å². The Morgan fingerprint density at radius 1 is 1.35 bits per heavy atom. The average molecular weight is 276 g/mol. The lowest BCUT2D eigenvalue weighted by molar-refractivity contribution is 0.310. The maximum atomic E-state index is 6.01. The molecule has 2 rings (SSSR count). The highest BCUT2D eigenvalue weighted by Gasteiger charge is 2.22. The Balaban J connectivity index is 1.75. The van der Waals surface area contributed by atoms with E-state index in [-0.39, 0.29) is 0 Å². The van der Waals surface area contributed by atoms with Crippen LogP contribution in [0.5, 0.6) is 5.75 Å². The zero-order chi connectivity index (χ0) is 14.4. The largest absolute Gasteiger partial charge is 0.497 e. The summed E-state index contributed by atoms with van der Waals surface area (Å²) in [7, 11) is 1.71. The first-order valence-electron chi connectivity index (χ1n) is 7.82. The van der Waals surface area contributed by atoms with Gasteiger partial charge in [-0.1, -0.05) is 19.1 Å². The second-order valence-corrected chi connectivity index (χ2v) is 5.98. The molecule has 3 heteroatoms. The molecule has 0 radical (unpaired) electrons. The van der Waals surface area contributed by atoms with Crippen LogP contribution in [0.1, 0.15) is 38.2 Å². The maximum Gasteiger partial charge on any atom is 0.118 e. The molecule has 1 saturated heterocycles. The molecule has 0 spiro atoms. The van der Waals surface area contributed by atoms with Crippen LogP contribution in [-0.2, 0) is 6.54 Å². The summed E-state index contributed by atoms with van der Waals surface area (Å²) in [5.74, 6) is 1.77. The molecular weight excluding hydrogens is 248 g/mol. The van der Waals surface area contributed by atoms with Crippen molar-refractivity contribution in [2.24, 2.45) is 11.7 Å². The zero-order valence-corrected chi connectivity index (χ0v) is 12.8. The minimum absolute atomic E-state index is 0.394. The lowest BCUT2D eigenvalue weighted by Gasteiger charge is -2.17. The van der Waals surface area contributed by atoms with Crippen LogP contribution in [0.3, 0.4) is 0 Å². The molecule has 20 heavy (non-hydrogen) atoms. The van der Waals surface area contributed by atoms with Crippen molar-refractivity contribution in [1.82, 2.24) is 4.90 Å². The quantitative estimate of drug-likeness (QED) is 0.832. The highest BCUT2D eigenvalue weighted by molar-refractivity contribution is 5.27. The van der Waals surface area contributed by atoms with Gasteiger partial charge in [-0.3, -0.25) is 4.90 Å². The van der Waals surface area contributed by atoms with E-state index in [1.165, 1.54) is 37.9 Å². The minimum Gasteiger partial charge on any atom is -0.497 e. The van der Waals surface area contributed by atoms with Crippen LogP contribution in [0.2, 0.25) is 0 Å². The Kier molecular flexibility index (Phi) is 5.86. The maximum absolute atomic E-state index is 6.01. The van der Waals surface area contributed by atoms with Crippen LogP contribution in [0, 0.1) is 5.92 Å². The molecule has 2 N–H and O–H groups in total. The first-order valence-corrected chi connectivity index (χ1v) is 7.82. The highest BCUT2D eigenvalue weighted by atomic mass is 16.5. The first kappa shape index (κ1) is 15.3. The summed E-state index contributed by atoms with van der Waals surface area (Å²) in [5.41, 5.74) is 7.38. The van der Waals surface area contributed by atoms with E-state index in [0.717, 1.165) is 24.6 Å². The zero-order valence-electron chi connectivity index (χ0n) is 12.8. The molecule has 112 valence electrons. The standard InChI is InChI=1S/C17H28N2O/c1-3-16(18)7-4-15-10-11-19(13-15)12-14-5-8-17(20-2)9-6-14/h5-6,8-9,15-16H,3-4,7,10-13,18H2,1-2H3. The van der Waals surface area contributed by atoms with Crippen molar-refractivity contribution in [3.8, 4) is 5.75 Å². The van der Waals surface area contributed by atoms with Gasteiger partial charge in [0.15, 0.2) is 0 Å². The minimum atomic E-state index is 0.394. The van der Waals surface area contributed by atoms with Gasteiger partial charge in [0.25, 0.3) is 0 Å². The van der Waals surface area contributed by atoms with Crippen molar-refractivity contribution in [2.45, 2.75) is 45.2 Å². The number of nitrogens with zero attached hydrogens (tertiary/aromatic N) is 1. The Morgan fingerprint density at radius 2 is 2.10 bits per heavy atom. The number of hydrogen-bond donors (Lipinski definition) is 1. The number of methoxy groups -OCH3 is 1. The van der Waals surface area contributed by atoms with Crippen LogP contribution < -0.4 is 10.5 Å². The van der Waals surface area contributed by atoms with Gasteiger partial charge >= 0.3 is 0 Å². The number of likely N-dealkylation sites (tertiary alicyclic amines) is 1. The van der Waals surface area contributed by atoms with E-state index >= 15 is 0 Å².